The van der Waals surface area contributed by atoms with Gasteiger partial charge in [0.05, 0.1) is 42.5 Å². The molecule has 5 heteroatoms. The van der Waals surface area contributed by atoms with Gasteiger partial charge in [0.25, 0.3) is 0 Å². The van der Waals surface area contributed by atoms with Crippen molar-refractivity contribution < 1.29 is 25.2 Å². The first-order valence-corrected chi connectivity index (χ1v) is 14.2. The molecule has 0 aromatic heterocycles. The number of hydrogen-bond donors (Lipinski definition) is 4. The molecule has 0 aromatic rings. The molecule has 0 amide bonds. The van der Waals surface area contributed by atoms with E-state index < -0.39 is 34.7 Å². The summed E-state index contributed by atoms with van der Waals surface area (Å²) in [6.07, 6.45) is 9.18. The average Bonchev–Trinajstić information content (AvgIpc) is 3.05. The van der Waals surface area contributed by atoms with E-state index in [1.54, 1.807) is 0 Å². The van der Waals surface area contributed by atoms with Gasteiger partial charge in [-0.2, -0.15) is 0 Å². The Morgan fingerprint density at radius 1 is 0.829 bits per heavy atom. The Morgan fingerprint density at radius 3 is 2.20 bits per heavy atom. The smallest absolute Gasteiger partial charge is 0.0958 e. The van der Waals surface area contributed by atoms with Gasteiger partial charge < -0.3 is 25.2 Å². The third-order valence-corrected chi connectivity index (χ3v) is 13.7. The first-order chi connectivity index (χ1) is 16.2. The number of aliphatic hydroxyl groups is 4. The lowest BCUT2D eigenvalue weighted by Gasteiger charge is -2.73. The van der Waals surface area contributed by atoms with Gasteiger partial charge in [-0.15, -0.1) is 0 Å². The summed E-state index contributed by atoms with van der Waals surface area (Å²) in [4.78, 5) is 0. The summed E-state index contributed by atoms with van der Waals surface area (Å²) in [6, 6.07) is 0. The largest absolute Gasteiger partial charge is 0.396 e. The predicted molar refractivity (Wildman–Crippen MR) is 134 cm³/mol. The molecular weight excluding hydrogens is 440 g/mol. The zero-order valence-corrected chi connectivity index (χ0v) is 22.7. The molecule has 6 rings (SSSR count). The molecule has 1 aliphatic heterocycles. The number of ether oxygens (including phenoxy) is 1. The molecule has 0 unspecified atom stereocenters. The Hall–Kier alpha value is -0.460. The topological polar surface area (TPSA) is 90.2 Å². The molecule has 198 valence electrons. The molecule has 1 saturated heterocycles. The maximum absolute atomic E-state index is 11.8. The third kappa shape index (κ3) is 2.54. The fourth-order valence-corrected chi connectivity index (χ4v) is 11.5. The van der Waals surface area contributed by atoms with Gasteiger partial charge in [0.2, 0.25) is 0 Å². The van der Waals surface area contributed by atoms with Gasteiger partial charge in [-0.1, -0.05) is 53.7 Å². The minimum Gasteiger partial charge on any atom is -0.396 e. The summed E-state index contributed by atoms with van der Waals surface area (Å²) in [5.74, 6) is 0.628. The van der Waals surface area contributed by atoms with E-state index >= 15 is 0 Å². The molecule has 1 heterocycles. The first-order valence-electron chi connectivity index (χ1n) is 14.2. The van der Waals surface area contributed by atoms with Gasteiger partial charge in [-0.3, -0.25) is 0 Å². The Morgan fingerprint density at radius 2 is 1.51 bits per heavy atom. The minimum atomic E-state index is -0.579. The fraction of sp³-hybridized carbons (Fsp3) is 0.933. The molecule has 2 bridgehead atoms. The molecule has 1 spiro atoms. The van der Waals surface area contributed by atoms with Crippen molar-refractivity contribution in [3.8, 4) is 0 Å². The van der Waals surface area contributed by atoms with Crippen molar-refractivity contribution >= 4 is 0 Å². The van der Waals surface area contributed by atoms with Crippen LogP contribution in [0.1, 0.15) is 86.5 Å². The third-order valence-electron chi connectivity index (χ3n) is 13.7. The number of fused-ring (bicyclic) bond motifs is 4. The number of allylic oxidation sites excluding steroid dienone is 1. The maximum Gasteiger partial charge on any atom is 0.0958 e. The van der Waals surface area contributed by atoms with Crippen molar-refractivity contribution in [2.75, 3.05) is 13.2 Å². The first kappa shape index (κ1) is 24.9. The molecule has 0 aromatic carbocycles. The highest BCUT2D eigenvalue weighted by Crippen LogP contribution is 2.79. The molecule has 5 nitrogen and oxygen atoms in total. The Balaban J connectivity index is 1.50. The number of rotatable bonds is 1. The quantitative estimate of drug-likeness (QED) is 0.418. The summed E-state index contributed by atoms with van der Waals surface area (Å²) >= 11 is 0. The molecule has 12 atom stereocenters. The van der Waals surface area contributed by atoms with Gasteiger partial charge in [0.15, 0.2) is 0 Å². The van der Waals surface area contributed by atoms with Crippen molar-refractivity contribution in [3.63, 3.8) is 0 Å². The Kier molecular flexibility index (Phi) is 4.93. The molecule has 35 heavy (non-hydrogen) atoms. The second kappa shape index (κ2) is 6.94. The van der Waals surface area contributed by atoms with E-state index in [1.165, 1.54) is 0 Å². The lowest BCUT2D eigenvalue weighted by molar-refractivity contribution is -0.268. The van der Waals surface area contributed by atoms with E-state index in [0.717, 1.165) is 32.1 Å². The van der Waals surface area contributed by atoms with Gasteiger partial charge in [0, 0.05) is 16.7 Å². The van der Waals surface area contributed by atoms with Gasteiger partial charge in [-0.05, 0) is 73.0 Å². The normalized spacial score (nSPS) is 62.5. The summed E-state index contributed by atoms with van der Waals surface area (Å²) < 4.78 is 6.92. The zero-order valence-electron chi connectivity index (χ0n) is 22.7. The lowest BCUT2D eigenvalue weighted by Crippen LogP contribution is -2.74. The van der Waals surface area contributed by atoms with Gasteiger partial charge in [0.1, 0.15) is 0 Å². The van der Waals surface area contributed by atoms with Crippen LogP contribution in [0.2, 0.25) is 0 Å². The van der Waals surface area contributed by atoms with Crippen LogP contribution < -0.4 is 0 Å². The highest BCUT2D eigenvalue weighted by molar-refractivity contribution is 5.36. The van der Waals surface area contributed by atoms with E-state index in [4.69, 9.17) is 4.74 Å². The maximum atomic E-state index is 11.8. The molecule has 5 aliphatic carbocycles. The molecular formula is C30H48O5. The van der Waals surface area contributed by atoms with Crippen molar-refractivity contribution in [3.05, 3.63) is 12.2 Å². The van der Waals surface area contributed by atoms with Crippen LogP contribution >= 0.6 is 0 Å². The number of aliphatic hydroxyl groups excluding tert-OH is 4. The van der Waals surface area contributed by atoms with E-state index in [9.17, 15) is 20.4 Å². The standard InChI is InChI=1S/C30H48O5/c1-24(2)13-20-29(22(33)14-24)17-35-30(20)12-8-19-25(3)10-9-21(32)26(4,16-31)18(25)7-11-27(19,5)28(30,6)15-23(29)34/h8,12,18-23,31-34H,7,9-11,13-17H2,1-6H3/t18-,19-,20-,21+,22+,23-,25+,26+,27-,28+,29-,30+/m1/s1. The summed E-state index contributed by atoms with van der Waals surface area (Å²) in [6.45, 7) is 14.3. The fourth-order valence-electron chi connectivity index (χ4n) is 11.5. The average molecular weight is 489 g/mol. The lowest BCUT2D eigenvalue weighted by atomic mass is 9.32. The van der Waals surface area contributed by atoms with Crippen LogP contribution in [-0.2, 0) is 4.74 Å². The van der Waals surface area contributed by atoms with E-state index in [1.807, 2.05) is 0 Å². The molecule has 4 saturated carbocycles. The second-order valence-electron chi connectivity index (χ2n) is 15.5. The van der Waals surface area contributed by atoms with Crippen molar-refractivity contribution in [2.45, 2.75) is 110 Å². The van der Waals surface area contributed by atoms with E-state index in [2.05, 4.69) is 53.7 Å². The van der Waals surface area contributed by atoms with Crippen LogP contribution in [0.3, 0.4) is 0 Å². The number of hydrogen-bond acceptors (Lipinski definition) is 5. The van der Waals surface area contributed by atoms with Crippen LogP contribution in [0.5, 0.6) is 0 Å². The van der Waals surface area contributed by atoms with Crippen molar-refractivity contribution in [2.24, 2.45) is 50.2 Å². The molecule has 4 N–H and O–H groups in total. The van der Waals surface area contributed by atoms with Crippen molar-refractivity contribution in [1.82, 2.24) is 0 Å². The minimum absolute atomic E-state index is 0.00390. The van der Waals surface area contributed by atoms with Crippen LogP contribution in [-0.4, -0.2) is 57.6 Å². The van der Waals surface area contributed by atoms with Gasteiger partial charge >= 0.3 is 0 Å². The zero-order chi connectivity index (χ0) is 25.4. The SMILES string of the molecule is CC1(C)C[C@@H]2[C@]3(CO[C@@]24C=C[C@@H]2[C@@]5(C)CC[C@H](O)[C@@](C)(CO)[C@@H]5CC[C@@]2(C)[C@]4(C)C[C@H]3O)[C@@H](O)C1. The Bertz CT molecular complexity index is 947. The predicted octanol–water partition coefficient (Wildman–Crippen LogP) is 4.07. The van der Waals surface area contributed by atoms with Gasteiger partial charge in [-0.25, -0.2) is 0 Å². The molecule has 0 radical (unpaired) electrons. The van der Waals surface area contributed by atoms with E-state index in [-0.39, 0.29) is 46.0 Å². The summed E-state index contributed by atoms with van der Waals surface area (Å²) in [7, 11) is 0. The summed E-state index contributed by atoms with van der Waals surface area (Å²) in [5.41, 5.74) is -1.92. The second-order valence-corrected chi connectivity index (χ2v) is 15.5. The van der Waals surface area contributed by atoms with Crippen LogP contribution in [0.15, 0.2) is 12.2 Å². The molecule has 5 fully saturated rings. The van der Waals surface area contributed by atoms with Crippen LogP contribution in [0.25, 0.3) is 0 Å². The summed E-state index contributed by atoms with van der Waals surface area (Å²) in [5, 5.41) is 44.7. The Labute approximate surface area is 211 Å². The van der Waals surface area contributed by atoms with Crippen molar-refractivity contribution in [1.29, 1.82) is 0 Å². The van der Waals surface area contributed by atoms with Crippen LogP contribution in [0.4, 0.5) is 0 Å². The highest BCUT2D eigenvalue weighted by atomic mass is 16.5. The monoisotopic (exact) mass is 488 g/mol. The van der Waals surface area contributed by atoms with Crippen LogP contribution in [0, 0.1) is 50.2 Å². The van der Waals surface area contributed by atoms with E-state index in [0.29, 0.717) is 19.4 Å². The molecule has 6 aliphatic rings. The highest BCUT2D eigenvalue weighted by Gasteiger charge is 2.80.